The smallest absolute Gasteiger partial charge is 0.408 e. The monoisotopic (exact) mass is 443 g/mol. The van der Waals surface area contributed by atoms with Crippen LogP contribution in [0.3, 0.4) is 0 Å². The van der Waals surface area contributed by atoms with E-state index in [1.165, 1.54) is 12.0 Å². The van der Waals surface area contributed by atoms with Gasteiger partial charge >= 0.3 is 12.1 Å². The Morgan fingerprint density at radius 3 is 2.23 bits per heavy atom. The summed E-state index contributed by atoms with van der Waals surface area (Å²) in [4.78, 5) is 25.5. The molecule has 30 heavy (non-hydrogen) atoms. The van der Waals surface area contributed by atoms with Crippen LogP contribution in [0.4, 0.5) is 4.79 Å². The molecular formula is C23H29NO4SSi. The van der Waals surface area contributed by atoms with Gasteiger partial charge in [-0.25, -0.2) is 9.59 Å². The van der Waals surface area contributed by atoms with Gasteiger partial charge in [0.25, 0.3) is 0 Å². The van der Waals surface area contributed by atoms with Crippen LogP contribution in [0.1, 0.15) is 12.0 Å². The van der Waals surface area contributed by atoms with Crippen LogP contribution in [0.15, 0.2) is 54.6 Å². The van der Waals surface area contributed by atoms with Gasteiger partial charge in [0, 0.05) is 6.54 Å². The Bertz CT molecular complexity index is 898. The summed E-state index contributed by atoms with van der Waals surface area (Å²) in [6.45, 7) is 7.18. The first-order valence-electron chi connectivity index (χ1n) is 10.0. The zero-order valence-electron chi connectivity index (χ0n) is 17.9. The lowest BCUT2D eigenvalue weighted by Gasteiger charge is -2.31. The van der Waals surface area contributed by atoms with Crippen molar-refractivity contribution in [2.24, 2.45) is 0 Å². The summed E-state index contributed by atoms with van der Waals surface area (Å²) in [5.74, 6) is -0.492. The maximum absolute atomic E-state index is 12.4. The van der Waals surface area contributed by atoms with E-state index in [0.29, 0.717) is 6.42 Å². The first-order chi connectivity index (χ1) is 14.1. The third-order valence-electron chi connectivity index (χ3n) is 5.34. The van der Waals surface area contributed by atoms with Crippen molar-refractivity contribution in [2.75, 3.05) is 19.0 Å². The SMILES string of the molecule is COC(=O)C1CC(SC[Si](C)(C)C)(c2ccc(-c3ccccc3)cc2)CN1C(=O)O. The number of ether oxygens (including phenoxy) is 1. The van der Waals surface area contributed by atoms with E-state index in [0.717, 1.165) is 22.1 Å². The van der Waals surface area contributed by atoms with Gasteiger partial charge in [0.1, 0.15) is 6.04 Å². The fourth-order valence-electron chi connectivity index (χ4n) is 3.77. The molecule has 1 fully saturated rings. The number of carbonyl (C=O) groups excluding carboxylic acids is 1. The van der Waals surface area contributed by atoms with Gasteiger partial charge in [-0.15, -0.1) is 0 Å². The van der Waals surface area contributed by atoms with Crippen LogP contribution >= 0.6 is 11.8 Å². The summed E-state index contributed by atoms with van der Waals surface area (Å²) in [5.41, 5.74) is 3.31. The van der Waals surface area contributed by atoms with Gasteiger partial charge < -0.3 is 9.84 Å². The Kier molecular flexibility index (Phi) is 6.62. The van der Waals surface area contributed by atoms with Crippen LogP contribution in [-0.2, 0) is 14.3 Å². The summed E-state index contributed by atoms with van der Waals surface area (Å²) in [7, 11) is -0.0823. The molecule has 1 aliphatic heterocycles. The number of esters is 1. The standard InChI is InChI=1S/C23H29NO4SSi/c1-28-21(25)20-14-23(15-24(20)22(26)27,29-16-30(2,3)4)19-12-10-18(11-13-19)17-8-6-5-7-9-17/h5-13,20H,14-16H2,1-4H3,(H,26,27). The van der Waals surface area contributed by atoms with Crippen LogP contribution in [0, 0.1) is 0 Å². The van der Waals surface area contributed by atoms with E-state index < -0.39 is 30.9 Å². The number of hydrogen-bond acceptors (Lipinski definition) is 4. The van der Waals surface area contributed by atoms with E-state index in [-0.39, 0.29) is 6.54 Å². The van der Waals surface area contributed by atoms with Crippen LogP contribution in [0.5, 0.6) is 0 Å². The zero-order valence-corrected chi connectivity index (χ0v) is 19.7. The molecule has 0 radical (unpaired) electrons. The number of methoxy groups -OCH3 is 1. The minimum absolute atomic E-state index is 0.280. The summed E-state index contributed by atoms with van der Waals surface area (Å²) < 4.78 is 4.46. The molecule has 2 unspecified atom stereocenters. The first kappa shape index (κ1) is 22.4. The number of carboxylic acid groups (broad SMARTS) is 1. The van der Waals surface area contributed by atoms with E-state index >= 15 is 0 Å². The van der Waals surface area contributed by atoms with E-state index in [1.54, 1.807) is 11.8 Å². The molecule has 2 atom stereocenters. The van der Waals surface area contributed by atoms with Gasteiger partial charge in [-0.3, -0.25) is 4.90 Å². The zero-order chi connectivity index (χ0) is 21.9. The van der Waals surface area contributed by atoms with Gasteiger partial charge in [0.15, 0.2) is 0 Å². The molecule has 5 nitrogen and oxygen atoms in total. The molecule has 1 aliphatic rings. The molecule has 1 N–H and O–H groups in total. The van der Waals surface area contributed by atoms with Crippen molar-refractivity contribution in [3.63, 3.8) is 0 Å². The molecule has 0 bridgehead atoms. The van der Waals surface area contributed by atoms with Crippen LogP contribution in [0.2, 0.25) is 19.6 Å². The maximum atomic E-state index is 12.4. The van der Waals surface area contributed by atoms with E-state index in [4.69, 9.17) is 4.74 Å². The average Bonchev–Trinajstić information content (AvgIpc) is 3.14. The molecule has 1 heterocycles. The molecule has 0 aromatic heterocycles. The third-order valence-corrected chi connectivity index (χ3v) is 10.5. The van der Waals surface area contributed by atoms with E-state index in [9.17, 15) is 14.7 Å². The van der Waals surface area contributed by atoms with Crippen molar-refractivity contribution >= 4 is 31.9 Å². The van der Waals surface area contributed by atoms with Gasteiger partial charge in [-0.2, -0.15) is 11.8 Å². The van der Waals surface area contributed by atoms with Crippen molar-refractivity contribution in [3.8, 4) is 11.1 Å². The number of carbonyl (C=O) groups is 2. The highest BCUT2D eigenvalue weighted by Gasteiger charge is 2.51. The van der Waals surface area contributed by atoms with Gasteiger partial charge in [0.2, 0.25) is 0 Å². The summed E-state index contributed by atoms with van der Waals surface area (Å²) in [6, 6.07) is 17.7. The predicted molar refractivity (Wildman–Crippen MR) is 125 cm³/mol. The summed E-state index contributed by atoms with van der Waals surface area (Å²) >= 11 is 1.79. The van der Waals surface area contributed by atoms with Crippen LogP contribution < -0.4 is 0 Å². The van der Waals surface area contributed by atoms with Crippen molar-refractivity contribution in [3.05, 3.63) is 60.2 Å². The minimum Gasteiger partial charge on any atom is -0.467 e. The normalized spacial score (nSPS) is 21.5. The second-order valence-corrected chi connectivity index (χ2v) is 16.3. The number of benzene rings is 2. The van der Waals surface area contributed by atoms with Crippen LogP contribution in [0.25, 0.3) is 11.1 Å². The summed E-state index contributed by atoms with van der Waals surface area (Å²) in [6.07, 6.45) is -0.659. The second kappa shape index (κ2) is 8.86. The van der Waals surface area contributed by atoms with Gasteiger partial charge in [-0.1, -0.05) is 74.2 Å². The van der Waals surface area contributed by atoms with E-state index in [1.807, 2.05) is 18.2 Å². The topological polar surface area (TPSA) is 66.8 Å². The van der Waals surface area contributed by atoms with Gasteiger partial charge in [-0.05, 0) is 28.5 Å². The number of amides is 1. The minimum atomic E-state index is -1.39. The lowest BCUT2D eigenvalue weighted by atomic mass is 9.93. The van der Waals surface area contributed by atoms with Crippen molar-refractivity contribution in [2.45, 2.75) is 36.9 Å². The molecular weight excluding hydrogens is 414 g/mol. The molecule has 0 saturated carbocycles. The van der Waals surface area contributed by atoms with Crippen molar-refractivity contribution in [1.29, 1.82) is 0 Å². The Morgan fingerprint density at radius 2 is 1.70 bits per heavy atom. The average molecular weight is 444 g/mol. The van der Waals surface area contributed by atoms with Crippen LogP contribution in [-0.4, -0.2) is 55.2 Å². The fourth-order valence-corrected chi connectivity index (χ4v) is 7.41. The largest absolute Gasteiger partial charge is 0.467 e. The number of likely N-dealkylation sites (tertiary alicyclic amines) is 1. The Morgan fingerprint density at radius 1 is 1.10 bits per heavy atom. The highest BCUT2D eigenvalue weighted by atomic mass is 32.2. The van der Waals surface area contributed by atoms with Gasteiger partial charge in [0.05, 0.1) is 19.9 Å². The molecule has 2 aromatic rings. The first-order valence-corrected chi connectivity index (χ1v) is 14.7. The third kappa shape index (κ3) is 4.90. The molecule has 0 aliphatic carbocycles. The Labute approximate surface area is 183 Å². The molecule has 7 heteroatoms. The molecule has 3 rings (SSSR count). The highest BCUT2D eigenvalue weighted by molar-refractivity contribution is 8.01. The predicted octanol–water partition coefficient (Wildman–Crippen LogP) is 5.08. The number of rotatable bonds is 6. The highest BCUT2D eigenvalue weighted by Crippen LogP contribution is 2.48. The molecule has 0 spiro atoms. The Balaban J connectivity index is 1.98. The number of thioether (sulfide) groups is 1. The second-order valence-electron chi connectivity index (χ2n) is 8.94. The number of hydrogen-bond donors (Lipinski definition) is 1. The molecule has 160 valence electrons. The summed E-state index contributed by atoms with van der Waals surface area (Å²) in [5, 5.41) is 10.7. The number of nitrogens with zero attached hydrogens (tertiary/aromatic N) is 1. The quantitative estimate of drug-likeness (QED) is 0.498. The Hall–Kier alpha value is -2.25. The lowest BCUT2D eigenvalue weighted by molar-refractivity contribution is -0.145. The van der Waals surface area contributed by atoms with Crippen molar-refractivity contribution < 1.29 is 19.4 Å². The molecule has 1 amide bonds. The fraction of sp³-hybridized carbons (Fsp3) is 0.391. The lowest BCUT2D eigenvalue weighted by Crippen LogP contribution is -2.40. The van der Waals surface area contributed by atoms with E-state index in [2.05, 4.69) is 56.0 Å². The maximum Gasteiger partial charge on any atom is 0.408 e. The molecule has 2 aromatic carbocycles. The molecule has 1 saturated heterocycles. The van der Waals surface area contributed by atoms with Crippen molar-refractivity contribution in [1.82, 2.24) is 4.90 Å².